The van der Waals surface area contributed by atoms with Crippen LogP contribution in [0.5, 0.6) is 0 Å². The van der Waals surface area contributed by atoms with Gasteiger partial charge >= 0.3 is 0 Å². The van der Waals surface area contributed by atoms with Gasteiger partial charge in [-0.3, -0.25) is 0 Å². The molecule has 1 nitrogen and oxygen atoms in total. The maximum absolute atomic E-state index is 5.72. The van der Waals surface area contributed by atoms with Crippen molar-refractivity contribution in [2.75, 3.05) is 18.1 Å². The maximum atomic E-state index is 5.72. The number of benzene rings is 1. The number of nitrogens with two attached hydrogens (primary N) is 1. The van der Waals surface area contributed by atoms with Crippen molar-refractivity contribution >= 4 is 11.8 Å². The fraction of sp³-hybridized carbons (Fsp3) is 0.500. The maximum Gasteiger partial charge on any atom is 0.00633 e. The number of thioether (sulfide) groups is 1. The van der Waals surface area contributed by atoms with Gasteiger partial charge in [0.1, 0.15) is 0 Å². The molecule has 1 atom stereocenters. The minimum Gasteiger partial charge on any atom is -0.330 e. The molecular weight excluding hydrogens is 190 g/mol. The van der Waals surface area contributed by atoms with Gasteiger partial charge in [0.25, 0.3) is 0 Å². The van der Waals surface area contributed by atoms with E-state index in [0.717, 1.165) is 13.0 Å². The van der Waals surface area contributed by atoms with Crippen LogP contribution in [0.25, 0.3) is 0 Å². The Kier molecular flexibility index (Phi) is 3.14. The third-order valence-corrected chi connectivity index (χ3v) is 4.36. The van der Waals surface area contributed by atoms with Crippen molar-refractivity contribution < 1.29 is 0 Å². The van der Waals surface area contributed by atoms with Crippen LogP contribution in [-0.4, -0.2) is 18.1 Å². The third-order valence-electron chi connectivity index (χ3n) is 3.11. The second-order valence-corrected chi connectivity index (χ2v) is 5.09. The Morgan fingerprint density at radius 2 is 2.07 bits per heavy atom. The quantitative estimate of drug-likeness (QED) is 0.823. The first-order chi connectivity index (χ1) is 6.87. The van der Waals surface area contributed by atoms with Crippen LogP contribution in [0.15, 0.2) is 30.3 Å². The standard InChI is InChI=1S/C12H17NS/c13-8-6-12(7-9-14-10-12)11-4-2-1-3-5-11/h1-5H,6-10,13H2. The SMILES string of the molecule is NCCC1(c2ccccc2)CCSC1. The summed E-state index contributed by atoms with van der Waals surface area (Å²) < 4.78 is 0. The molecule has 1 unspecified atom stereocenters. The summed E-state index contributed by atoms with van der Waals surface area (Å²) in [6.07, 6.45) is 2.42. The lowest BCUT2D eigenvalue weighted by Crippen LogP contribution is -2.28. The average Bonchev–Trinajstić information content (AvgIpc) is 2.70. The highest BCUT2D eigenvalue weighted by molar-refractivity contribution is 7.99. The van der Waals surface area contributed by atoms with E-state index >= 15 is 0 Å². The summed E-state index contributed by atoms with van der Waals surface area (Å²) in [5.74, 6) is 2.53. The van der Waals surface area contributed by atoms with Crippen LogP contribution in [0.1, 0.15) is 18.4 Å². The van der Waals surface area contributed by atoms with Gasteiger partial charge in [-0.1, -0.05) is 30.3 Å². The van der Waals surface area contributed by atoms with Crippen molar-refractivity contribution in [1.82, 2.24) is 0 Å². The molecule has 0 spiro atoms. The summed E-state index contributed by atoms with van der Waals surface area (Å²) in [6.45, 7) is 0.801. The zero-order valence-corrected chi connectivity index (χ0v) is 9.22. The lowest BCUT2D eigenvalue weighted by Gasteiger charge is -2.28. The Morgan fingerprint density at radius 3 is 2.64 bits per heavy atom. The van der Waals surface area contributed by atoms with Crippen LogP contribution in [0, 0.1) is 0 Å². The lowest BCUT2D eigenvalue weighted by molar-refractivity contribution is 0.452. The first kappa shape index (κ1) is 10.1. The Hall–Kier alpha value is -0.470. The molecule has 1 saturated heterocycles. The van der Waals surface area contributed by atoms with Crippen LogP contribution in [0.2, 0.25) is 0 Å². The summed E-state index contributed by atoms with van der Waals surface area (Å²) in [7, 11) is 0. The summed E-state index contributed by atoms with van der Waals surface area (Å²) >= 11 is 2.06. The van der Waals surface area contributed by atoms with E-state index in [4.69, 9.17) is 5.73 Å². The third kappa shape index (κ3) is 1.82. The van der Waals surface area contributed by atoms with Gasteiger partial charge in [0, 0.05) is 11.2 Å². The second kappa shape index (κ2) is 4.37. The molecule has 1 aromatic rings. The van der Waals surface area contributed by atoms with Gasteiger partial charge in [0.2, 0.25) is 0 Å². The summed E-state index contributed by atoms with van der Waals surface area (Å²) in [4.78, 5) is 0. The molecule has 1 heterocycles. The monoisotopic (exact) mass is 207 g/mol. The van der Waals surface area contributed by atoms with Gasteiger partial charge in [0.15, 0.2) is 0 Å². The number of hydrogen-bond acceptors (Lipinski definition) is 2. The van der Waals surface area contributed by atoms with Gasteiger partial charge < -0.3 is 5.73 Å². The van der Waals surface area contributed by atoms with Crippen LogP contribution < -0.4 is 5.73 Å². The van der Waals surface area contributed by atoms with Crippen molar-refractivity contribution in [1.29, 1.82) is 0 Å². The Labute approximate surface area is 90.1 Å². The summed E-state index contributed by atoms with van der Waals surface area (Å²) in [6, 6.07) is 10.9. The van der Waals surface area contributed by atoms with Crippen molar-refractivity contribution in [3.05, 3.63) is 35.9 Å². The fourth-order valence-corrected chi connectivity index (χ4v) is 3.77. The van der Waals surface area contributed by atoms with E-state index in [1.165, 1.54) is 23.5 Å². The normalized spacial score (nSPS) is 26.6. The molecule has 0 aliphatic carbocycles. The molecule has 0 aromatic heterocycles. The van der Waals surface area contributed by atoms with Crippen LogP contribution in [0.3, 0.4) is 0 Å². The van der Waals surface area contributed by atoms with Gasteiger partial charge in [-0.05, 0) is 30.7 Å². The largest absolute Gasteiger partial charge is 0.330 e. The summed E-state index contributed by atoms with van der Waals surface area (Å²) in [5, 5.41) is 0. The molecule has 1 aliphatic heterocycles. The molecule has 1 aliphatic rings. The second-order valence-electron chi connectivity index (χ2n) is 3.99. The van der Waals surface area contributed by atoms with Crippen LogP contribution in [0.4, 0.5) is 0 Å². The van der Waals surface area contributed by atoms with Crippen molar-refractivity contribution in [2.24, 2.45) is 5.73 Å². The number of rotatable bonds is 3. The van der Waals surface area contributed by atoms with Crippen LogP contribution >= 0.6 is 11.8 Å². The highest BCUT2D eigenvalue weighted by Crippen LogP contribution is 2.41. The Morgan fingerprint density at radius 1 is 1.29 bits per heavy atom. The molecule has 2 heteroatoms. The minimum atomic E-state index is 0.376. The molecule has 0 saturated carbocycles. The predicted octanol–water partition coefficient (Wildman–Crippen LogP) is 2.41. The molecule has 0 amide bonds. The minimum absolute atomic E-state index is 0.376. The first-order valence-corrected chi connectivity index (χ1v) is 6.36. The van der Waals surface area contributed by atoms with E-state index in [1.807, 2.05) is 0 Å². The number of hydrogen-bond donors (Lipinski definition) is 1. The highest BCUT2D eigenvalue weighted by atomic mass is 32.2. The smallest absolute Gasteiger partial charge is 0.00633 e. The lowest BCUT2D eigenvalue weighted by atomic mass is 9.77. The van der Waals surface area contributed by atoms with Crippen molar-refractivity contribution in [3.63, 3.8) is 0 Å². The van der Waals surface area contributed by atoms with Crippen LogP contribution in [-0.2, 0) is 5.41 Å². The molecule has 0 bridgehead atoms. The molecule has 14 heavy (non-hydrogen) atoms. The van der Waals surface area contributed by atoms with E-state index in [-0.39, 0.29) is 0 Å². The topological polar surface area (TPSA) is 26.0 Å². The van der Waals surface area contributed by atoms with E-state index in [9.17, 15) is 0 Å². The highest BCUT2D eigenvalue weighted by Gasteiger charge is 2.34. The van der Waals surface area contributed by atoms with E-state index in [1.54, 1.807) is 0 Å². The van der Waals surface area contributed by atoms with Crippen molar-refractivity contribution in [3.8, 4) is 0 Å². The molecule has 76 valence electrons. The predicted molar refractivity (Wildman–Crippen MR) is 63.7 cm³/mol. The molecule has 1 aromatic carbocycles. The first-order valence-electron chi connectivity index (χ1n) is 5.21. The fourth-order valence-electron chi connectivity index (χ4n) is 2.24. The van der Waals surface area contributed by atoms with Gasteiger partial charge in [-0.15, -0.1) is 0 Å². The molecule has 1 fully saturated rings. The molecule has 0 radical (unpaired) electrons. The van der Waals surface area contributed by atoms with Crippen molar-refractivity contribution in [2.45, 2.75) is 18.3 Å². The zero-order valence-electron chi connectivity index (χ0n) is 8.41. The Balaban J connectivity index is 2.27. The van der Waals surface area contributed by atoms with Gasteiger partial charge in [0.05, 0.1) is 0 Å². The van der Waals surface area contributed by atoms with E-state index in [2.05, 4.69) is 42.1 Å². The molecule has 2 N–H and O–H groups in total. The van der Waals surface area contributed by atoms with E-state index in [0.29, 0.717) is 5.41 Å². The molecule has 2 rings (SSSR count). The van der Waals surface area contributed by atoms with Gasteiger partial charge in [-0.25, -0.2) is 0 Å². The summed E-state index contributed by atoms with van der Waals surface area (Å²) in [5.41, 5.74) is 7.58. The van der Waals surface area contributed by atoms with E-state index < -0.39 is 0 Å². The average molecular weight is 207 g/mol. The Bertz CT molecular complexity index is 278. The van der Waals surface area contributed by atoms with Gasteiger partial charge in [-0.2, -0.15) is 11.8 Å². The zero-order chi connectivity index (χ0) is 9.86. The molecular formula is C12H17NS.